The van der Waals surface area contributed by atoms with Gasteiger partial charge < -0.3 is 10.1 Å². The van der Waals surface area contributed by atoms with Crippen LogP contribution in [-0.4, -0.2) is 53.3 Å². The minimum atomic E-state index is -0.759. The van der Waals surface area contributed by atoms with Crippen molar-refractivity contribution in [1.29, 1.82) is 0 Å². The second-order valence-corrected chi connectivity index (χ2v) is 7.74. The number of amides is 5. The van der Waals surface area contributed by atoms with Crippen LogP contribution < -0.4 is 10.6 Å². The van der Waals surface area contributed by atoms with Crippen LogP contribution in [0.25, 0.3) is 0 Å². The Balaban J connectivity index is 1.35. The van der Waals surface area contributed by atoms with Gasteiger partial charge in [0.15, 0.2) is 6.61 Å². The molecule has 2 fully saturated rings. The molecule has 150 valence electrons. The summed E-state index contributed by atoms with van der Waals surface area (Å²) in [7, 11) is 0. The summed E-state index contributed by atoms with van der Waals surface area (Å²) in [5, 5.41) is 6.61. The van der Waals surface area contributed by atoms with Gasteiger partial charge >= 0.3 is 12.0 Å². The zero-order chi connectivity index (χ0) is 20.1. The molecule has 1 spiro atoms. The molecule has 2 N–H and O–H groups in total. The van der Waals surface area contributed by atoms with E-state index in [9.17, 15) is 24.0 Å². The highest BCUT2D eigenvalue weighted by Crippen LogP contribution is 2.35. The van der Waals surface area contributed by atoms with Crippen LogP contribution in [-0.2, 0) is 19.1 Å². The monoisotopic (exact) mass is 407 g/mol. The van der Waals surface area contributed by atoms with Crippen LogP contribution in [0.2, 0.25) is 0 Å². The molecule has 1 saturated carbocycles. The van der Waals surface area contributed by atoms with Crippen molar-refractivity contribution in [1.82, 2.24) is 15.5 Å². The third kappa shape index (κ3) is 4.38. The maximum Gasteiger partial charge on any atom is 0.325 e. The van der Waals surface area contributed by atoms with Gasteiger partial charge in [-0.2, -0.15) is 0 Å². The van der Waals surface area contributed by atoms with E-state index in [1.807, 2.05) is 0 Å². The van der Waals surface area contributed by atoms with E-state index in [-0.39, 0.29) is 25.3 Å². The van der Waals surface area contributed by atoms with Gasteiger partial charge in [-0.25, -0.2) is 4.79 Å². The Labute approximate surface area is 165 Å². The van der Waals surface area contributed by atoms with Crippen LogP contribution in [0.15, 0.2) is 17.5 Å². The van der Waals surface area contributed by atoms with Crippen molar-refractivity contribution in [3.8, 4) is 0 Å². The quantitative estimate of drug-likeness (QED) is 0.517. The molecule has 1 aromatic rings. The number of nitrogens with zero attached hydrogens (tertiary/aromatic N) is 1. The fourth-order valence-electron chi connectivity index (χ4n) is 3.43. The standard InChI is InChI=1S/C18H21N3O6S/c22-13(19-15(24)12-5-4-10-28-12)11-27-14(23)6-3-9-21-16(25)18(20-17(21)26)7-1-2-8-18/h4-5,10H,1-3,6-9,11H2,(H,20,26)(H,19,22,24). The summed E-state index contributed by atoms with van der Waals surface area (Å²) < 4.78 is 4.83. The smallest absolute Gasteiger partial charge is 0.325 e. The van der Waals surface area contributed by atoms with Crippen LogP contribution in [0.3, 0.4) is 0 Å². The first-order chi connectivity index (χ1) is 13.4. The summed E-state index contributed by atoms with van der Waals surface area (Å²) in [4.78, 5) is 61.2. The van der Waals surface area contributed by atoms with E-state index in [1.54, 1.807) is 17.5 Å². The van der Waals surface area contributed by atoms with Gasteiger partial charge in [0.05, 0.1) is 4.88 Å². The van der Waals surface area contributed by atoms with E-state index >= 15 is 0 Å². The van der Waals surface area contributed by atoms with Gasteiger partial charge in [-0.05, 0) is 30.7 Å². The lowest BCUT2D eigenvalue weighted by molar-refractivity contribution is -0.148. The molecule has 1 saturated heterocycles. The fourth-order valence-corrected chi connectivity index (χ4v) is 4.05. The van der Waals surface area contributed by atoms with Crippen LogP contribution in [0.5, 0.6) is 0 Å². The van der Waals surface area contributed by atoms with Gasteiger partial charge in [0, 0.05) is 13.0 Å². The molecule has 5 amide bonds. The second-order valence-electron chi connectivity index (χ2n) is 6.79. The maximum absolute atomic E-state index is 12.5. The molecule has 1 aliphatic heterocycles. The molecule has 2 aliphatic rings. The first-order valence-electron chi connectivity index (χ1n) is 9.09. The summed E-state index contributed by atoms with van der Waals surface area (Å²) >= 11 is 1.19. The summed E-state index contributed by atoms with van der Waals surface area (Å²) in [6, 6.07) is 2.83. The molecule has 0 radical (unpaired) electrons. The van der Waals surface area contributed by atoms with Gasteiger partial charge in [0.1, 0.15) is 5.54 Å². The zero-order valence-electron chi connectivity index (χ0n) is 15.2. The highest BCUT2D eigenvalue weighted by atomic mass is 32.1. The number of hydrogen-bond acceptors (Lipinski definition) is 7. The number of hydrogen-bond donors (Lipinski definition) is 2. The van der Waals surface area contributed by atoms with E-state index in [0.717, 1.165) is 17.7 Å². The van der Waals surface area contributed by atoms with E-state index < -0.39 is 36.0 Å². The Bertz CT molecular complexity index is 785. The maximum atomic E-state index is 12.5. The Morgan fingerprint density at radius 3 is 2.68 bits per heavy atom. The SMILES string of the molecule is O=C(COC(=O)CCCN1C(=O)NC2(CCCC2)C1=O)NC(=O)c1cccs1. The number of esters is 1. The molecule has 2 heterocycles. The molecule has 0 bridgehead atoms. The van der Waals surface area contributed by atoms with Crippen molar-refractivity contribution >= 4 is 41.1 Å². The first-order valence-corrected chi connectivity index (χ1v) is 9.97. The predicted octanol–water partition coefficient (Wildman–Crippen LogP) is 1.19. The molecule has 0 unspecified atom stereocenters. The average molecular weight is 407 g/mol. The highest BCUT2D eigenvalue weighted by molar-refractivity contribution is 7.12. The van der Waals surface area contributed by atoms with E-state index in [1.165, 1.54) is 11.3 Å². The molecule has 0 aromatic carbocycles. The van der Waals surface area contributed by atoms with Crippen molar-refractivity contribution in [3.05, 3.63) is 22.4 Å². The number of carbonyl (C=O) groups excluding carboxylic acids is 5. The Hall–Kier alpha value is -2.75. The van der Waals surface area contributed by atoms with Crippen LogP contribution in [0, 0.1) is 0 Å². The largest absolute Gasteiger partial charge is 0.456 e. The lowest BCUT2D eigenvalue weighted by Crippen LogP contribution is -2.44. The van der Waals surface area contributed by atoms with Crippen LogP contribution in [0.1, 0.15) is 48.2 Å². The number of ether oxygens (including phenoxy) is 1. The average Bonchev–Trinajstić information content (AvgIpc) is 3.39. The van der Waals surface area contributed by atoms with Gasteiger partial charge in [0.2, 0.25) is 0 Å². The van der Waals surface area contributed by atoms with Crippen LogP contribution in [0.4, 0.5) is 4.79 Å². The summed E-state index contributed by atoms with van der Waals surface area (Å²) in [6.45, 7) is -0.452. The molecule has 1 aliphatic carbocycles. The van der Waals surface area contributed by atoms with Crippen LogP contribution >= 0.6 is 11.3 Å². The predicted molar refractivity (Wildman–Crippen MR) is 98.4 cm³/mol. The third-order valence-corrected chi connectivity index (χ3v) is 5.70. The normalized spacial score (nSPS) is 17.6. The van der Waals surface area contributed by atoms with Crippen molar-refractivity contribution in [2.24, 2.45) is 0 Å². The number of urea groups is 1. The first kappa shape index (κ1) is 20.0. The Morgan fingerprint density at radius 1 is 1.25 bits per heavy atom. The molecule has 10 heteroatoms. The second kappa shape index (κ2) is 8.51. The molecule has 3 rings (SSSR count). The summed E-state index contributed by atoms with van der Waals surface area (Å²) in [6.07, 6.45) is 3.30. The number of carbonyl (C=O) groups is 5. The van der Waals surface area contributed by atoms with Gasteiger partial charge in [0.25, 0.3) is 17.7 Å². The molecular weight excluding hydrogens is 386 g/mol. The molecule has 9 nitrogen and oxygen atoms in total. The lowest BCUT2D eigenvalue weighted by atomic mass is 9.98. The van der Waals surface area contributed by atoms with Crippen molar-refractivity contribution in [2.75, 3.05) is 13.2 Å². The number of thiophene rings is 1. The molecular formula is C18H21N3O6S. The number of nitrogens with one attached hydrogen (secondary N) is 2. The molecule has 28 heavy (non-hydrogen) atoms. The summed E-state index contributed by atoms with van der Waals surface area (Å²) in [5.74, 6) is -2.13. The number of rotatable bonds is 7. The topological polar surface area (TPSA) is 122 Å². The lowest BCUT2D eigenvalue weighted by Gasteiger charge is -2.19. The summed E-state index contributed by atoms with van der Waals surface area (Å²) in [5.41, 5.74) is -0.759. The third-order valence-electron chi connectivity index (χ3n) is 4.83. The van der Waals surface area contributed by atoms with Gasteiger partial charge in [-0.3, -0.25) is 29.4 Å². The van der Waals surface area contributed by atoms with E-state index in [2.05, 4.69) is 10.6 Å². The Morgan fingerprint density at radius 2 is 2.00 bits per heavy atom. The zero-order valence-corrected chi connectivity index (χ0v) is 16.0. The van der Waals surface area contributed by atoms with Crippen molar-refractivity contribution < 1.29 is 28.7 Å². The highest BCUT2D eigenvalue weighted by Gasteiger charge is 2.52. The molecule has 1 aromatic heterocycles. The minimum absolute atomic E-state index is 0.0454. The van der Waals surface area contributed by atoms with Crippen molar-refractivity contribution in [2.45, 2.75) is 44.1 Å². The number of imide groups is 2. The van der Waals surface area contributed by atoms with Crippen molar-refractivity contribution in [3.63, 3.8) is 0 Å². The van der Waals surface area contributed by atoms with Gasteiger partial charge in [-0.1, -0.05) is 18.9 Å². The van der Waals surface area contributed by atoms with E-state index in [4.69, 9.17) is 4.74 Å². The molecule has 0 atom stereocenters. The van der Waals surface area contributed by atoms with Gasteiger partial charge in [-0.15, -0.1) is 11.3 Å². The Kier molecular flexibility index (Phi) is 6.08. The minimum Gasteiger partial charge on any atom is -0.456 e. The van der Waals surface area contributed by atoms with E-state index in [0.29, 0.717) is 17.7 Å². The fraction of sp³-hybridized carbons (Fsp3) is 0.500.